The molecule has 0 unspecified atom stereocenters. The van der Waals surface area contributed by atoms with Crippen LogP contribution in [0.3, 0.4) is 0 Å². The van der Waals surface area contributed by atoms with Gasteiger partial charge >= 0.3 is 0 Å². The lowest BCUT2D eigenvalue weighted by molar-refractivity contribution is 0.462. The first-order chi connectivity index (χ1) is 4.43. The van der Waals surface area contributed by atoms with E-state index in [-0.39, 0.29) is 6.67 Å². The van der Waals surface area contributed by atoms with Crippen molar-refractivity contribution in [2.75, 3.05) is 19.8 Å². The number of rotatable bonds is 5. The van der Waals surface area contributed by atoms with Gasteiger partial charge in [0.25, 0.3) is 0 Å². The summed E-state index contributed by atoms with van der Waals surface area (Å²) in [4.78, 5) is 0. The van der Waals surface area contributed by atoms with Gasteiger partial charge in [-0.25, -0.2) is 4.39 Å². The Morgan fingerprint density at radius 3 is 2.67 bits per heavy atom. The van der Waals surface area contributed by atoms with E-state index < -0.39 is 0 Å². The van der Waals surface area contributed by atoms with Crippen molar-refractivity contribution in [3.63, 3.8) is 0 Å². The molecule has 1 fully saturated rings. The highest BCUT2D eigenvalue weighted by atomic mass is 19.1. The minimum atomic E-state index is -0.231. The number of hydrogen-bond donors (Lipinski definition) is 1. The summed E-state index contributed by atoms with van der Waals surface area (Å²) in [6.07, 6.45) is 4.05. The van der Waals surface area contributed by atoms with Crippen LogP contribution in [0.4, 0.5) is 4.39 Å². The summed E-state index contributed by atoms with van der Waals surface area (Å²) in [5.41, 5.74) is 0. The van der Waals surface area contributed by atoms with Crippen molar-refractivity contribution in [2.24, 2.45) is 5.92 Å². The molecule has 0 aromatic rings. The molecule has 2 heteroatoms. The van der Waals surface area contributed by atoms with Crippen LogP contribution in [0, 0.1) is 5.92 Å². The van der Waals surface area contributed by atoms with Gasteiger partial charge in [-0.15, -0.1) is 0 Å². The van der Waals surface area contributed by atoms with E-state index in [1.54, 1.807) is 0 Å². The van der Waals surface area contributed by atoms with E-state index >= 15 is 0 Å². The molecule has 0 saturated heterocycles. The molecule has 1 aliphatic carbocycles. The van der Waals surface area contributed by atoms with E-state index in [4.69, 9.17) is 0 Å². The van der Waals surface area contributed by atoms with Crippen molar-refractivity contribution in [1.82, 2.24) is 5.32 Å². The lowest BCUT2D eigenvalue weighted by atomic mass is 10.3. The highest BCUT2D eigenvalue weighted by molar-refractivity contribution is 4.73. The number of hydrogen-bond acceptors (Lipinski definition) is 1. The Morgan fingerprint density at radius 2 is 2.11 bits per heavy atom. The Labute approximate surface area is 55.6 Å². The Kier molecular flexibility index (Phi) is 2.98. The third-order valence-corrected chi connectivity index (χ3v) is 1.70. The molecular formula is C7H14FN. The molecule has 0 radical (unpaired) electrons. The van der Waals surface area contributed by atoms with Gasteiger partial charge in [-0.3, -0.25) is 0 Å². The number of alkyl halides is 1. The predicted octanol–water partition coefficient (Wildman–Crippen LogP) is 1.35. The van der Waals surface area contributed by atoms with E-state index in [1.165, 1.54) is 19.3 Å². The minimum absolute atomic E-state index is 0.231. The molecule has 0 aromatic carbocycles. The fraction of sp³-hybridized carbons (Fsp3) is 1.00. The molecule has 54 valence electrons. The van der Waals surface area contributed by atoms with E-state index in [9.17, 15) is 4.39 Å². The number of halogens is 1. The maximum Gasteiger partial charge on any atom is 0.102 e. The van der Waals surface area contributed by atoms with Gasteiger partial charge in [0.2, 0.25) is 0 Å². The SMILES string of the molecule is FCCNCCC1CC1. The zero-order valence-electron chi connectivity index (χ0n) is 5.70. The molecule has 0 atom stereocenters. The van der Waals surface area contributed by atoms with E-state index in [0.717, 1.165) is 12.5 Å². The average molecular weight is 131 g/mol. The summed E-state index contributed by atoms with van der Waals surface area (Å²) in [6.45, 7) is 1.31. The van der Waals surface area contributed by atoms with Crippen LogP contribution in [0.2, 0.25) is 0 Å². The van der Waals surface area contributed by atoms with Gasteiger partial charge in [0.05, 0.1) is 0 Å². The average Bonchev–Trinajstić information content (AvgIpc) is 2.63. The summed E-state index contributed by atoms with van der Waals surface area (Å²) >= 11 is 0. The van der Waals surface area contributed by atoms with Gasteiger partial charge in [-0.1, -0.05) is 12.8 Å². The maximum absolute atomic E-state index is 11.5. The normalized spacial score (nSPS) is 18.3. The Hall–Kier alpha value is -0.110. The molecule has 0 aromatic heterocycles. The summed E-state index contributed by atoms with van der Waals surface area (Å²) < 4.78 is 11.5. The van der Waals surface area contributed by atoms with Crippen LogP contribution in [0.1, 0.15) is 19.3 Å². The Morgan fingerprint density at radius 1 is 1.33 bits per heavy atom. The van der Waals surface area contributed by atoms with Gasteiger partial charge in [0.15, 0.2) is 0 Å². The second kappa shape index (κ2) is 3.83. The molecule has 1 N–H and O–H groups in total. The highest BCUT2D eigenvalue weighted by Gasteiger charge is 2.19. The van der Waals surface area contributed by atoms with Gasteiger partial charge in [-0.05, 0) is 18.9 Å². The molecule has 0 heterocycles. The van der Waals surface area contributed by atoms with Gasteiger partial charge in [0.1, 0.15) is 6.67 Å². The molecule has 0 amide bonds. The highest BCUT2D eigenvalue weighted by Crippen LogP contribution is 2.31. The van der Waals surface area contributed by atoms with Crippen molar-refractivity contribution in [1.29, 1.82) is 0 Å². The largest absolute Gasteiger partial charge is 0.314 e. The Balaban J connectivity index is 1.71. The van der Waals surface area contributed by atoms with Crippen LogP contribution >= 0.6 is 0 Å². The Bertz CT molecular complexity index is 71.3. The van der Waals surface area contributed by atoms with Crippen molar-refractivity contribution in [3.8, 4) is 0 Å². The smallest absolute Gasteiger partial charge is 0.102 e. The summed E-state index contributed by atoms with van der Waals surface area (Å²) in [5, 5.41) is 3.03. The fourth-order valence-electron chi connectivity index (χ4n) is 0.905. The van der Waals surface area contributed by atoms with Crippen LogP contribution in [0.25, 0.3) is 0 Å². The van der Waals surface area contributed by atoms with Gasteiger partial charge in [0, 0.05) is 6.54 Å². The van der Waals surface area contributed by atoms with Crippen molar-refractivity contribution >= 4 is 0 Å². The van der Waals surface area contributed by atoms with Crippen LogP contribution < -0.4 is 5.32 Å². The van der Waals surface area contributed by atoms with E-state index in [1.807, 2.05) is 0 Å². The summed E-state index contributed by atoms with van der Waals surface area (Å²) in [5.74, 6) is 0.970. The third kappa shape index (κ3) is 3.46. The lowest BCUT2D eigenvalue weighted by Crippen LogP contribution is -2.18. The third-order valence-electron chi connectivity index (χ3n) is 1.70. The van der Waals surface area contributed by atoms with Crippen LogP contribution in [-0.2, 0) is 0 Å². The molecule has 0 aliphatic heterocycles. The number of nitrogens with one attached hydrogen (secondary N) is 1. The van der Waals surface area contributed by atoms with Crippen LogP contribution in [0.5, 0.6) is 0 Å². The zero-order chi connectivity index (χ0) is 6.53. The maximum atomic E-state index is 11.5. The van der Waals surface area contributed by atoms with Crippen molar-refractivity contribution < 1.29 is 4.39 Å². The first kappa shape index (κ1) is 7.00. The predicted molar refractivity (Wildman–Crippen MR) is 36.2 cm³/mol. The molecule has 9 heavy (non-hydrogen) atoms. The molecule has 0 bridgehead atoms. The molecule has 0 spiro atoms. The van der Waals surface area contributed by atoms with Crippen molar-refractivity contribution in [2.45, 2.75) is 19.3 Å². The molecule has 1 saturated carbocycles. The first-order valence-electron chi connectivity index (χ1n) is 3.70. The first-order valence-corrected chi connectivity index (χ1v) is 3.70. The summed E-state index contributed by atoms with van der Waals surface area (Å²) in [6, 6.07) is 0. The summed E-state index contributed by atoms with van der Waals surface area (Å²) in [7, 11) is 0. The quantitative estimate of drug-likeness (QED) is 0.555. The standard InChI is InChI=1S/C7H14FN/c8-4-6-9-5-3-7-1-2-7/h7,9H,1-6H2. The van der Waals surface area contributed by atoms with E-state index in [2.05, 4.69) is 5.32 Å². The molecule has 1 nitrogen and oxygen atoms in total. The second-order valence-corrected chi connectivity index (χ2v) is 2.67. The zero-order valence-corrected chi connectivity index (χ0v) is 5.70. The molecule has 1 rings (SSSR count). The van der Waals surface area contributed by atoms with Gasteiger partial charge in [-0.2, -0.15) is 0 Å². The van der Waals surface area contributed by atoms with Crippen molar-refractivity contribution in [3.05, 3.63) is 0 Å². The fourth-order valence-corrected chi connectivity index (χ4v) is 0.905. The van der Waals surface area contributed by atoms with Crippen LogP contribution in [0.15, 0.2) is 0 Å². The topological polar surface area (TPSA) is 12.0 Å². The van der Waals surface area contributed by atoms with E-state index in [0.29, 0.717) is 6.54 Å². The minimum Gasteiger partial charge on any atom is -0.314 e. The second-order valence-electron chi connectivity index (χ2n) is 2.67. The monoisotopic (exact) mass is 131 g/mol. The van der Waals surface area contributed by atoms with Crippen LogP contribution in [-0.4, -0.2) is 19.8 Å². The van der Waals surface area contributed by atoms with Gasteiger partial charge < -0.3 is 5.32 Å². The lowest BCUT2D eigenvalue weighted by Gasteiger charge is -1.98. The molecular weight excluding hydrogens is 117 g/mol. The molecule has 1 aliphatic rings.